The van der Waals surface area contributed by atoms with Crippen molar-refractivity contribution in [1.29, 1.82) is 0 Å². The molecular formula is C24H27N7O. The molecule has 0 radical (unpaired) electrons. The minimum absolute atomic E-state index is 0.113. The maximum atomic E-state index is 13.6. The number of nitrogens with zero attached hydrogens (tertiary/aromatic N) is 6. The molecule has 0 spiro atoms. The number of fused-ring (bicyclic) bond motifs is 2. The molecule has 2 N–H and O–H groups in total. The van der Waals surface area contributed by atoms with E-state index in [2.05, 4.69) is 25.6 Å². The first-order chi connectivity index (χ1) is 15.7. The molecule has 6 rings (SSSR count). The number of rotatable bonds is 5. The lowest BCUT2D eigenvalue weighted by atomic mass is 10.1. The van der Waals surface area contributed by atoms with E-state index < -0.39 is 0 Å². The van der Waals surface area contributed by atoms with Crippen LogP contribution >= 0.6 is 0 Å². The highest BCUT2D eigenvalue weighted by Crippen LogP contribution is 2.34. The van der Waals surface area contributed by atoms with Crippen LogP contribution in [0.15, 0.2) is 47.5 Å². The fraction of sp³-hybridized carbons (Fsp3) is 0.417. The summed E-state index contributed by atoms with van der Waals surface area (Å²) in [5.41, 5.74) is 8.27. The monoisotopic (exact) mass is 429 g/mol. The lowest BCUT2D eigenvalue weighted by molar-refractivity contribution is 0.490. The minimum Gasteiger partial charge on any atom is -0.341 e. The van der Waals surface area contributed by atoms with Gasteiger partial charge in [-0.2, -0.15) is 5.10 Å². The van der Waals surface area contributed by atoms with Crippen LogP contribution in [0.5, 0.6) is 0 Å². The van der Waals surface area contributed by atoms with Gasteiger partial charge in [-0.25, -0.2) is 9.67 Å². The SMILES string of the molecule is NC1CCCN(c2nc3cnn(Cc4nccc5ccccc45)c(=O)c3n2CC2CC2)C1. The van der Waals surface area contributed by atoms with Gasteiger partial charge >= 0.3 is 0 Å². The van der Waals surface area contributed by atoms with Gasteiger partial charge in [0.15, 0.2) is 0 Å². The number of nitrogens with two attached hydrogens (primary N) is 1. The van der Waals surface area contributed by atoms with Crippen LogP contribution in [-0.2, 0) is 13.1 Å². The molecule has 32 heavy (non-hydrogen) atoms. The van der Waals surface area contributed by atoms with Crippen molar-refractivity contribution in [3.8, 4) is 0 Å². The Morgan fingerprint density at radius 3 is 2.84 bits per heavy atom. The third kappa shape index (κ3) is 3.44. The molecule has 8 nitrogen and oxygen atoms in total. The smallest absolute Gasteiger partial charge is 0.293 e. The molecule has 2 aliphatic rings. The van der Waals surface area contributed by atoms with E-state index in [1.165, 1.54) is 17.5 Å². The zero-order chi connectivity index (χ0) is 21.7. The van der Waals surface area contributed by atoms with Gasteiger partial charge in [0, 0.05) is 37.3 Å². The highest BCUT2D eigenvalue weighted by molar-refractivity contribution is 5.84. The zero-order valence-corrected chi connectivity index (χ0v) is 18.0. The topological polar surface area (TPSA) is 94.9 Å². The Kier molecular flexibility index (Phi) is 4.68. The Labute approximate surface area is 185 Å². The van der Waals surface area contributed by atoms with Crippen molar-refractivity contribution >= 4 is 27.8 Å². The number of benzene rings is 1. The average Bonchev–Trinajstić information content (AvgIpc) is 3.55. The first-order valence-electron chi connectivity index (χ1n) is 11.5. The van der Waals surface area contributed by atoms with E-state index in [9.17, 15) is 4.79 Å². The summed E-state index contributed by atoms with van der Waals surface area (Å²) in [7, 11) is 0. The molecule has 0 amide bonds. The Morgan fingerprint density at radius 1 is 1.12 bits per heavy atom. The molecule has 1 saturated heterocycles. The summed E-state index contributed by atoms with van der Waals surface area (Å²) in [6, 6.07) is 10.2. The van der Waals surface area contributed by atoms with Crippen LogP contribution in [0.1, 0.15) is 31.4 Å². The molecule has 8 heteroatoms. The second-order valence-corrected chi connectivity index (χ2v) is 9.13. The standard InChI is InChI=1S/C24H27N7O/c25-18-5-3-11-29(14-18)24-28-20-12-27-31(23(32)22(20)30(24)13-16-7-8-16)15-21-19-6-2-1-4-17(19)9-10-26-21/h1-2,4,6,9-10,12,16,18H,3,5,7-8,11,13-15,25H2. The number of imidazole rings is 1. The maximum absolute atomic E-state index is 13.6. The fourth-order valence-corrected chi connectivity index (χ4v) is 4.80. The molecule has 1 saturated carbocycles. The quantitative estimate of drug-likeness (QED) is 0.524. The van der Waals surface area contributed by atoms with Gasteiger partial charge in [-0.3, -0.25) is 9.78 Å². The first-order valence-corrected chi connectivity index (χ1v) is 11.5. The Bertz CT molecular complexity index is 1350. The Hall–Kier alpha value is -3.26. The number of aromatic nitrogens is 5. The Morgan fingerprint density at radius 2 is 2.00 bits per heavy atom. The van der Waals surface area contributed by atoms with E-state index in [0.29, 0.717) is 23.5 Å². The van der Waals surface area contributed by atoms with Crippen LogP contribution in [0.3, 0.4) is 0 Å². The summed E-state index contributed by atoms with van der Waals surface area (Å²) in [6.45, 7) is 2.84. The molecule has 1 unspecified atom stereocenters. The average molecular weight is 430 g/mol. The number of hydrogen-bond acceptors (Lipinski definition) is 6. The molecule has 2 fully saturated rings. The summed E-state index contributed by atoms with van der Waals surface area (Å²) in [4.78, 5) is 25.3. The molecular weight excluding hydrogens is 402 g/mol. The highest BCUT2D eigenvalue weighted by Gasteiger charge is 2.29. The van der Waals surface area contributed by atoms with E-state index in [1.54, 1.807) is 12.4 Å². The highest BCUT2D eigenvalue weighted by atomic mass is 16.1. The van der Waals surface area contributed by atoms with Crippen molar-refractivity contribution in [3.63, 3.8) is 0 Å². The number of pyridine rings is 1. The molecule has 1 aliphatic heterocycles. The van der Waals surface area contributed by atoms with Gasteiger partial charge in [-0.1, -0.05) is 24.3 Å². The van der Waals surface area contributed by atoms with Gasteiger partial charge in [0.2, 0.25) is 5.95 Å². The molecule has 1 atom stereocenters. The van der Waals surface area contributed by atoms with Crippen LogP contribution in [0.2, 0.25) is 0 Å². The molecule has 0 bridgehead atoms. The molecule has 3 aromatic heterocycles. The maximum Gasteiger partial charge on any atom is 0.293 e. The van der Waals surface area contributed by atoms with Crippen LogP contribution < -0.4 is 16.2 Å². The summed E-state index contributed by atoms with van der Waals surface area (Å²) >= 11 is 0. The molecule has 4 aromatic rings. The van der Waals surface area contributed by atoms with Crippen LogP contribution in [0.4, 0.5) is 5.95 Å². The van der Waals surface area contributed by atoms with Crippen LogP contribution in [0.25, 0.3) is 21.8 Å². The number of anilines is 1. The second kappa shape index (κ2) is 7.70. The van der Waals surface area contributed by atoms with E-state index in [4.69, 9.17) is 10.7 Å². The number of hydrogen-bond donors (Lipinski definition) is 1. The van der Waals surface area contributed by atoms with Gasteiger partial charge in [-0.05, 0) is 43.1 Å². The Balaban J connectivity index is 1.45. The largest absolute Gasteiger partial charge is 0.341 e. The van der Waals surface area contributed by atoms with Crippen LogP contribution in [0, 0.1) is 5.92 Å². The van der Waals surface area contributed by atoms with Gasteiger partial charge in [0.1, 0.15) is 11.0 Å². The number of piperidine rings is 1. The van der Waals surface area contributed by atoms with Gasteiger partial charge in [-0.15, -0.1) is 0 Å². The van der Waals surface area contributed by atoms with Gasteiger partial charge in [0.25, 0.3) is 5.56 Å². The van der Waals surface area contributed by atoms with Crippen LogP contribution in [-0.4, -0.2) is 43.4 Å². The molecule has 1 aromatic carbocycles. The van der Waals surface area contributed by atoms with Crippen molar-refractivity contribution in [2.45, 2.75) is 44.8 Å². The van der Waals surface area contributed by atoms with Crippen molar-refractivity contribution in [3.05, 3.63) is 58.8 Å². The van der Waals surface area contributed by atoms with E-state index in [1.807, 2.05) is 24.3 Å². The predicted octanol–water partition coefficient (Wildman–Crippen LogP) is 2.53. The lowest BCUT2D eigenvalue weighted by Crippen LogP contribution is -2.44. The van der Waals surface area contributed by atoms with Crippen molar-refractivity contribution in [2.24, 2.45) is 11.7 Å². The molecule has 1 aliphatic carbocycles. The molecule has 4 heterocycles. The van der Waals surface area contributed by atoms with Crippen molar-refractivity contribution in [1.82, 2.24) is 24.3 Å². The molecule has 164 valence electrons. The van der Waals surface area contributed by atoms with E-state index in [-0.39, 0.29) is 11.6 Å². The van der Waals surface area contributed by atoms with Crippen molar-refractivity contribution < 1.29 is 0 Å². The zero-order valence-electron chi connectivity index (χ0n) is 18.0. The predicted molar refractivity (Wildman–Crippen MR) is 125 cm³/mol. The third-order valence-corrected chi connectivity index (χ3v) is 6.66. The fourth-order valence-electron chi connectivity index (χ4n) is 4.80. The first kappa shape index (κ1) is 19.4. The normalized spacial score (nSPS) is 19.2. The minimum atomic E-state index is -0.113. The van der Waals surface area contributed by atoms with E-state index >= 15 is 0 Å². The summed E-state index contributed by atoms with van der Waals surface area (Å²) in [6.07, 6.45) is 8.00. The summed E-state index contributed by atoms with van der Waals surface area (Å²) < 4.78 is 3.65. The third-order valence-electron chi connectivity index (χ3n) is 6.66. The second-order valence-electron chi connectivity index (χ2n) is 9.13. The lowest BCUT2D eigenvalue weighted by Gasteiger charge is -2.32. The van der Waals surface area contributed by atoms with Gasteiger partial charge < -0.3 is 15.2 Å². The summed E-state index contributed by atoms with van der Waals surface area (Å²) in [5.74, 6) is 1.48. The van der Waals surface area contributed by atoms with Crippen molar-refractivity contribution in [2.75, 3.05) is 18.0 Å². The van der Waals surface area contributed by atoms with Gasteiger partial charge in [0.05, 0.1) is 18.4 Å². The van der Waals surface area contributed by atoms with E-state index in [0.717, 1.165) is 54.9 Å². The summed E-state index contributed by atoms with van der Waals surface area (Å²) in [5, 5.41) is 6.61.